The minimum Gasteiger partial charge on any atom is -0.354 e. The maximum absolute atomic E-state index is 13.2. The Morgan fingerprint density at radius 1 is 1.00 bits per heavy atom. The molecule has 5 heteroatoms. The van der Waals surface area contributed by atoms with E-state index in [1.165, 1.54) is 0 Å². The lowest BCUT2D eigenvalue weighted by Gasteiger charge is -2.25. The average molecular weight is 405 g/mol. The number of nitrogens with zero attached hydrogens (tertiary/aromatic N) is 1. The Labute approximate surface area is 175 Å². The van der Waals surface area contributed by atoms with E-state index in [-0.39, 0.29) is 11.8 Å². The fourth-order valence-corrected chi connectivity index (χ4v) is 4.03. The van der Waals surface area contributed by atoms with Gasteiger partial charge in [0.1, 0.15) is 6.04 Å². The van der Waals surface area contributed by atoms with Crippen LogP contribution in [0.15, 0.2) is 72.8 Å². The van der Waals surface area contributed by atoms with Crippen molar-refractivity contribution in [3.05, 3.63) is 94.5 Å². The first-order valence-electron chi connectivity index (χ1n) is 9.61. The molecule has 0 aromatic heterocycles. The lowest BCUT2D eigenvalue weighted by atomic mass is 9.99. The predicted molar refractivity (Wildman–Crippen MR) is 115 cm³/mol. The lowest BCUT2D eigenvalue weighted by Crippen LogP contribution is -2.38. The van der Waals surface area contributed by atoms with Crippen LogP contribution in [0.5, 0.6) is 0 Å². The van der Waals surface area contributed by atoms with Crippen molar-refractivity contribution in [1.29, 1.82) is 0 Å². The number of hydrogen-bond acceptors (Lipinski definition) is 2. The molecule has 3 aromatic carbocycles. The van der Waals surface area contributed by atoms with Gasteiger partial charge in [-0.25, -0.2) is 0 Å². The van der Waals surface area contributed by atoms with Crippen LogP contribution in [0.4, 0.5) is 0 Å². The molecule has 29 heavy (non-hydrogen) atoms. The van der Waals surface area contributed by atoms with Crippen LogP contribution in [0.1, 0.15) is 34.5 Å². The summed E-state index contributed by atoms with van der Waals surface area (Å²) in [6.45, 7) is 2.69. The number of fused-ring (bicyclic) bond motifs is 1. The Hall–Kier alpha value is -3.11. The van der Waals surface area contributed by atoms with Crippen LogP contribution >= 0.6 is 11.6 Å². The van der Waals surface area contributed by atoms with Gasteiger partial charge in [-0.05, 0) is 47.4 Å². The molecule has 0 unspecified atom stereocenters. The summed E-state index contributed by atoms with van der Waals surface area (Å²) >= 11 is 6.17. The minimum absolute atomic E-state index is 0.157. The van der Waals surface area contributed by atoms with Crippen molar-refractivity contribution in [2.24, 2.45) is 0 Å². The zero-order valence-electron chi connectivity index (χ0n) is 16.1. The monoisotopic (exact) mass is 404 g/mol. The van der Waals surface area contributed by atoms with Crippen LogP contribution in [-0.4, -0.2) is 23.3 Å². The number of amides is 2. The first-order valence-corrected chi connectivity index (χ1v) is 9.99. The third kappa shape index (κ3) is 3.64. The number of rotatable bonds is 5. The smallest absolute Gasteiger partial charge is 0.255 e. The Kier molecular flexibility index (Phi) is 5.36. The van der Waals surface area contributed by atoms with Crippen LogP contribution < -0.4 is 5.32 Å². The van der Waals surface area contributed by atoms with E-state index < -0.39 is 6.04 Å². The minimum atomic E-state index is -0.694. The molecule has 146 valence electrons. The Morgan fingerprint density at radius 2 is 1.72 bits per heavy atom. The Bertz CT molecular complexity index is 1070. The standard InChI is InChI=1S/C24H21ClN2O2/c1-2-26-23(28)22-21-14-18(25)12-13-20(21)24(29)27(22)15-17-10-6-7-11-19(17)16-8-4-3-5-9-16/h3-14,22H,2,15H2,1H3,(H,26,28)/t22-/m0/s1. The second kappa shape index (κ2) is 8.10. The summed E-state index contributed by atoms with van der Waals surface area (Å²) in [6, 6.07) is 22.4. The van der Waals surface area contributed by atoms with Gasteiger partial charge >= 0.3 is 0 Å². The van der Waals surface area contributed by atoms with E-state index in [0.29, 0.717) is 29.2 Å². The average Bonchev–Trinajstić information content (AvgIpc) is 3.00. The van der Waals surface area contributed by atoms with E-state index in [4.69, 9.17) is 11.6 Å². The molecule has 0 aliphatic carbocycles. The van der Waals surface area contributed by atoms with Gasteiger partial charge in [0.05, 0.1) is 0 Å². The summed E-state index contributed by atoms with van der Waals surface area (Å²) in [7, 11) is 0. The third-order valence-electron chi connectivity index (χ3n) is 5.15. The van der Waals surface area contributed by atoms with Crippen molar-refractivity contribution in [2.45, 2.75) is 19.5 Å². The van der Waals surface area contributed by atoms with E-state index in [1.807, 2.05) is 61.5 Å². The van der Waals surface area contributed by atoms with Gasteiger partial charge in [0, 0.05) is 23.7 Å². The highest BCUT2D eigenvalue weighted by molar-refractivity contribution is 6.31. The van der Waals surface area contributed by atoms with Crippen LogP contribution in [-0.2, 0) is 11.3 Å². The molecule has 4 rings (SSSR count). The second-order valence-electron chi connectivity index (χ2n) is 6.98. The SMILES string of the molecule is CCNC(=O)[C@@H]1c2cc(Cl)ccc2C(=O)N1Cc1ccccc1-c1ccccc1. The number of carbonyl (C=O) groups is 2. The number of likely N-dealkylation sites (N-methyl/N-ethyl adjacent to an activating group) is 1. The zero-order valence-corrected chi connectivity index (χ0v) is 16.8. The number of nitrogens with one attached hydrogen (secondary N) is 1. The fraction of sp³-hybridized carbons (Fsp3) is 0.167. The molecule has 3 aromatic rings. The van der Waals surface area contributed by atoms with Crippen molar-refractivity contribution in [3.63, 3.8) is 0 Å². The molecule has 2 amide bonds. The van der Waals surface area contributed by atoms with Crippen LogP contribution in [0.3, 0.4) is 0 Å². The maximum atomic E-state index is 13.2. The number of halogens is 1. The number of carbonyl (C=O) groups excluding carboxylic acids is 2. The molecule has 0 fully saturated rings. The molecule has 0 saturated carbocycles. The first-order chi connectivity index (χ1) is 14.1. The highest BCUT2D eigenvalue weighted by atomic mass is 35.5. The van der Waals surface area contributed by atoms with Crippen molar-refractivity contribution < 1.29 is 9.59 Å². The normalized spacial score (nSPS) is 15.3. The van der Waals surface area contributed by atoms with Gasteiger partial charge in [-0.3, -0.25) is 9.59 Å². The predicted octanol–water partition coefficient (Wildman–Crippen LogP) is 4.84. The summed E-state index contributed by atoms with van der Waals surface area (Å²) in [6.07, 6.45) is 0. The molecule has 4 nitrogen and oxygen atoms in total. The molecule has 0 bridgehead atoms. The summed E-state index contributed by atoms with van der Waals surface area (Å²) in [5, 5.41) is 3.37. The summed E-state index contributed by atoms with van der Waals surface area (Å²) < 4.78 is 0. The van der Waals surface area contributed by atoms with E-state index >= 15 is 0 Å². The van der Waals surface area contributed by atoms with Crippen LogP contribution in [0, 0.1) is 0 Å². The van der Waals surface area contributed by atoms with Crippen molar-refractivity contribution in [1.82, 2.24) is 10.2 Å². The van der Waals surface area contributed by atoms with Gasteiger partial charge in [-0.1, -0.05) is 66.2 Å². The topological polar surface area (TPSA) is 49.4 Å². The molecule has 0 saturated heterocycles. The van der Waals surface area contributed by atoms with Gasteiger partial charge in [-0.15, -0.1) is 0 Å². The zero-order chi connectivity index (χ0) is 20.4. The van der Waals surface area contributed by atoms with Gasteiger partial charge in [0.15, 0.2) is 0 Å². The molecule has 0 radical (unpaired) electrons. The van der Waals surface area contributed by atoms with Gasteiger partial charge < -0.3 is 10.2 Å². The van der Waals surface area contributed by atoms with Crippen LogP contribution in [0.2, 0.25) is 5.02 Å². The molecule has 1 N–H and O–H groups in total. The number of hydrogen-bond donors (Lipinski definition) is 1. The fourth-order valence-electron chi connectivity index (χ4n) is 3.85. The first kappa shape index (κ1) is 19.2. The van der Waals surface area contributed by atoms with Gasteiger partial charge in [0.2, 0.25) is 5.91 Å². The van der Waals surface area contributed by atoms with E-state index in [0.717, 1.165) is 16.7 Å². The summed E-state index contributed by atoms with van der Waals surface area (Å²) in [5.74, 6) is -0.352. The summed E-state index contributed by atoms with van der Waals surface area (Å²) in [4.78, 5) is 27.7. The molecule has 1 atom stereocenters. The third-order valence-corrected chi connectivity index (χ3v) is 5.39. The molecular formula is C24H21ClN2O2. The van der Waals surface area contributed by atoms with Crippen molar-refractivity contribution in [2.75, 3.05) is 6.54 Å². The highest BCUT2D eigenvalue weighted by Gasteiger charge is 2.41. The molecule has 0 spiro atoms. The molecule has 1 heterocycles. The number of benzene rings is 3. The second-order valence-corrected chi connectivity index (χ2v) is 7.42. The summed E-state index contributed by atoms with van der Waals surface area (Å²) in [5.41, 5.74) is 4.29. The van der Waals surface area contributed by atoms with E-state index in [9.17, 15) is 9.59 Å². The largest absolute Gasteiger partial charge is 0.354 e. The molecular weight excluding hydrogens is 384 g/mol. The van der Waals surface area contributed by atoms with E-state index in [2.05, 4.69) is 5.32 Å². The molecule has 1 aliphatic heterocycles. The quantitative estimate of drug-likeness (QED) is 0.661. The maximum Gasteiger partial charge on any atom is 0.255 e. The van der Waals surface area contributed by atoms with Gasteiger partial charge in [-0.2, -0.15) is 0 Å². The Balaban J connectivity index is 1.75. The van der Waals surface area contributed by atoms with Crippen molar-refractivity contribution >= 4 is 23.4 Å². The Morgan fingerprint density at radius 3 is 2.48 bits per heavy atom. The van der Waals surface area contributed by atoms with Gasteiger partial charge in [0.25, 0.3) is 5.91 Å². The lowest BCUT2D eigenvalue weighted by molar-refractivity contribution is -0.125. The van der Waals surface area contributed by atoms with E-state index in [1.54, 1.807) is 23.1 Å². The highest BCUT2D eigenvalue weighted by Crippen LogP contribution is 2.37. The van der Waals surface area contributed by atoms with Crippen molar-refractivity contribution in [3.8, 4) is 11.1 Å². The van der Waals surface area contributed by atoms with Crippen LogP contribution in [0.25, 0.3) is 11.1 Å². The molecule has 1 aliphatic rings.